The lowest BCUT2D eigenvalue weighted by Crippen LogP contribution is -2.12. The standard InChI is InChI=1S/C20H13ClIN3O/c21-16-9-8-13(22)11-15(16)20(26)23-14-5-3-4-12(10-14)19-24-17-6-1-2-7-18(17)25-19/h1-11H,(H,23,26)(H,24,25). The first-order valence-corrected chi connectivity index (χ1v) is 9.37. The molecule has 0 fully saturated rings. The Morgan fingerprint density at radius 1 is 1.04 bits per heavy atom. The molecule has 0 saturated carbocycles. The topological polar surface area (TPSA) is 57.8 Å². The van der Waals surface area contributed by atoms with E-state index in [-0.39, 0.29) is 5.91 Å². The van der Waals surface area contributed by atoms with Crippen molar-refractivity contribution in [3.05, 3.63) is 80.9 Å². The Morgan fingerprint density at radius 2 is 1.88 bits per heavy atom. The molecule has 0 spiro atoms. The van der Waals surface area contributed by atoms with E-state index in [1.165, 1.54) is 0 Å². The van der Waals surface area contributed by atoms with Crippen LogP contribution in [0, 0.1) is 3.57 Å². The molecule has 2 N–H and O–H groups in total. The van der Waals surface area contributed by atoms with Gasteiger partial charge in [-0.2, -0.15) is 0 Å². The van der Waals surface area contributed by atoms with E-state index in [2.05, 4.69) is 37.9 Å². The number of hydrogen-bond acceptors (Lipinski definition) is 2. The average molecular weight is 474 g/mol. The molecular formula is C20H13ClIN3O. The Kier molecular flexibility index (Phi) is 4.65. The van der Waals surface area contributed by atoms with Gasteiger partial charge in [0.15, 0.2) is 0 Å². The Morgan fingerprint density at radius 3 is 2.73 bits per heavy atom. The van der Waals surface area contributed by atoms with Crippen LogP contribution in [0.2, 0.25) is 5.02 Å². The van der Waals surface area contributed by atoms with Gasteiger partial charge in [0.2, 0.25) is 0 Å². The second kappa shape index (κ2) is 7.09. The number of H-pyrrole nitrogens is 1. The van der Waals surface area contributed by atoms with Gasteiger partial charge < -0.3 is 10.3 Å². The molecule has 6 heteroatoms. The van der Waals surface area contributed by atoms with Crippen LogP contribution in [0.5, 0.6) is 0 Å². The van der Waals surface area contributed by atoms with Crippen molar-refractivity contribution < 1.29 is 4.79 Å². The van der Waals surface area contributed by atoms with Crippen molar-refractivity contribution in [1.29, 1.82) is 0 Å². The molecule has 128 valence electrons. The fourth-order valence-corrected chi connectivity index (χ4v) is 3.40. The maximum Gasteiger partial charge on any atom is 0.257 e. The zero-order valence-corrected chi connectivity index (χ0v) is 16.4. The Bertz CT molecular complexity index is 1090. The number of fused-ring (bicyclic) bond motifs is 1. The van der Waals surface area contributed by atoms with Crippen LogP contribution in [0.4, 0.5) is 5.69 Å². The molecule has 0 bridgehead atoms. The number of halogens is 2. The van der Waals surface area contributed by atoms with Crippen molar-refractivity contribution >= 4 is 56.8 Å². The summed E-state index contributed by atoms with van der Waals surface area (Å²) in [5, 5.41) is 3.33. The normalized spacial score (nSPS) is 10.8. The van der Waals surface area contributed by atoms with Gasteiger partial charge in [0.05, 0.1) is 21.6 Å². The maximum absolute atomic E-state index is 12.6. The number of imidazole rings is 1. The van der Waals surface area contributed by atoms with E-state index in [9.17, 15) is 4.79 Å². The van der Waals surface area contributed by atoms with E-state index in [0.29, 0.717) is 16.3 Å². The number of carbonyl (C=O) groups is 1. The first-order valence-electron chi connectivity index (χ1n) is 7.92. The van der Waals surface area contributed by atoms with Crippen LogP contribution in [-0.4, -0.2) is 15.9 Å². The summed E-state index contributed by atoms with van der Waals surface area (Å²) in [5.41, 5.74) is 3.91. The lowest BCUT2D eigenvalue weighted by molar-refractivity contribution is 0.102. The first-order chi connectivity index (χ1) is 12.6. The quantitative estimate of drug-likeness (QED) is 0.373. The van der Waals surface area contributed by atoms with Gasteiger partial charge in [-0.1, -0.05) is 35.9 Å². The predicted octanol–water partition coefficient (Wildman–Crippen LogP) is 5.74. The summed E-state index contributed by atoms with van der Waals surface area (Å²) < 4.78 is 0.952. The number of carbonyl (C=O) groups excluding carboxylic acids is 1. The van der Waals surface area contributed by atoms with Gasteiger partial charge in [0.25, 0.3) is 5.91 Å². The van der Waals surface area contributed by atoms with Gasteiger partial charge >= 0.3 is 0 Å². The molecule has 0 unspecified atom stereocenters. The molecule has 0 atom stereocenters. The van der Waals surface area contributed by atoms with Crippen molar-refractivity contribution in [2.45, 2.75) is 0 Å². The number of nitrogens with one attached hydrogen (secondary N) is 2. The van der Waals surface area contributed by atoms with E-state index in [1.807, 2.05) is 54.6 Å². The van der Waals surface area contributed by atoms with Crippen LogP contribution in [0.15, 0.2) is 66.7 Å². The molecule has 0 saturated heterocycles. The number of anilines is 1. The minimum absolute atomic E-state index is 0.240. The van der Waals surface area contributed by atoms with Crippen molar-refractivity contribution in [2.24, 2.45) is 0 Å². The summed E-state index contributed by atoms with van der Waals surface area (Å²) in [7, 11) is 0. The van der Waals surface area contributed by atoms with Gasteiger partial charge in [0, 0.05) is 14.8 Å². The van der Waals surface area contributed by atoms with Gasteiger partial charge in [0.1, 0.15) is 5.82 Å². The molecule has 0 aliphatic carbocycles. The second-order valence-corrected chi connectivity index (χ2v) is 7.41. The molecule has 4 nitrogen and oxygen atoms in total. The lowest BCUT2D eigenvalue weighted by Gasteiger charge is -2.08. The van der Waals surface area contributed by atoms with Crippen molar-refractivity contribution in [3.63, 3.8) is 0 Å². The third-order valence-corrected chi connectivity index (χ3v) is 4.96. The molecule has 3 aromatic carbocycles. The molecule has 1 heterocycles. The summed E-state index contributed by atoms with van der Waals surface area (Å²) in [6, 6.07) is 20.8. The minimum Gasteiger partial charge on any atom is -0.338 e. The lowest BCUT2D eigenvalue weighted by atomic mass is 10.1. The number of para-hydroxylation sites is 2. The zero-order chi connectivity index (χ0) is 18.1. The SMILES string of the molecule is O=C(Nc1cccc(-c2nc3ccccc3[nH]2)c1)c1cc(I)ccc1Cl. The van der Waals surface area contributed by atoms with Gasteiger partial charge in [-0.05, 0) is 65.1 Å². The van der Waals surface area contributed by atoms with Gasteiger partial charge in [-0.15, -0.1) is 0 Å². The molecule has 26 heavy (non-hydrogen) atoms. The van der Waals surface area contributed by atoms with Crippen LogP contribution >= 0.6 is 34.2 Å². The molecule has 4 aromatic rings. The highest BCUT2D eigenvalue weighted by Gasteiger charge is 2.12. The number of rotatable bonds is 3. The molecule has 1 amide bonds. The third kappa shape index (κ3) is 3.45. The Balaban J connectivity index is 1.63. The Labute approximate surface area is 168 Å². The van der Waals surface area contributed by atoms with Crippen LogP contribution < -0.4 is 5.32 Å². The second-order valence-electron chi connectivity index (χ2n) is 5.76. The van der Waals surface area contributed by atoms with Crippen molar-refractivity contribution in [1.82, 2.24) is 9.97 Å². The number of aromatic amines is 1. The van der Waals surface area contributed by atoms with E-state index < -0.39 is 0 Å². The summed E-state index contributed by atoms with van der Waals surface area (Å²) >= 11 is 8.31. The van der Waals surface area contributed by atoms with Crippen LogP contribution in [0.1, 0.15) is 10.4 Å². The molecule has 4 rings (SSSR count). The van der Waals surface area contributed by atoms with E-state index in [1.54, 1.807) is 12.1 Å². The predicted molar refractivity (Wildman–Crippen MR) is 114 cm³/mol. The van der Waals surface area contributed by atoms with Crippen LogP contribution in [0.25, 0.3) is 22.4 Å². The monoisotopic (exact) mass is 473 g/mol. The number of nitrogens with zero attached hydrogens (tertiary/aromatic N) is 1. The van der Waals surface area contributed by atoms with E-state index in [0.717, 1.165) is 26.0 Å². The average Bonchev–Trinajstić information content (AvgIpc) is 3.08. The van der Waals surface area contributed by atoms with Gasteiger partial charge in [-0.25, -0.2) is 4.98 Å². The Hall–Kier alpha value is -2.38. The molecular weight excluding hydrogens is 461 g/mol. The van der Waals surface area contributed by atoms with Crippen molar-refractivity contribution in [3.8, 4) is 11.4 Å². The zero-order valence-electron chi connectivity index (χ0n) is 13.5. The number of benzene rings is 3. The highest BCUT2D eigenvalue weighted by Crippen LogP contribution is 2.24. The minimum atomic E-state index is -0.240. The third-order valence-electron chi connectivity index (χ3n) is 3.96. The van der Waals surface area contributed by atoms with Gasteiger partial charge in [-0.3, -0.25) is 4.79 Å². The summed E-state index contributed by atoms with van der Waals surface area (Å²) in [5.74, 6) is 0.518. The molecule has 0 radical (unpaired) electrons. The van der Waals surface area contributed by atoms with E-state index >= 15 is 0 Å². The maximum atomic E-state index is 12.6. The fraction of sp³-hybridized carbons (Fsp3) is 0. The van der Waals surface area contributed by atoms with Crippen LogP contribution in [0.3, 0.4) is 0 Å². The van der Waals surface area contributed by atoms with Crippen LogP contribution in [-0.2, 0) is 0 Å². The summed E-state index contributed by atoms with van der Waals surface area (Å²) in [6.07, 6.45) is 0. The summed E-state index contributed by atoms with van der Waals surface area (Å²) in [4.78, 5) is 20.4. The van der Waals surface area contributed by atoms with Crippen molar-refractivity contribution in [2.75, 3.05) is 5.32 Å². The van der Waals surface area contributed by atoms with E-state index in [4.69, 9.17) is 11.6 Å². The smallest absolute Gasteiger partial charge is 0.257 e. The number of amides is 1. The molecule has 1 aromatic heterocycles. The highest BCUT2D eigenvalue weighted by atomic mass is 127. The number of hydrogen-bond donors (Lipinski definition) is 2. The largest absolute Gasteiger partial charge is 0.338 e. The molecule has 0 aliphatic heterocycles. The molecule has 0 aliphatic rings. The first kappa shape index (κ1) is 17.1. The highest BCUT2D eigenvalue weighted by molar-refractivity contribution is 14.1. The fourth-order valence-electron chi connectivity index (χ4n) is 2.70. The number of aromatic nitrogens is 2. The summed E-state index contributed by atoms with van der Waals surface area (Å²) in [6.45, 7) is 0.